The van der Waals surface area contributed by atoms with Crippen LogP contribution >= 0.6 is 34.9 Å². The van der Waals surface area contributed by atoms with Crippen molar-refractivity contribution in [1.29, 1.82) is 0 Å². The van der Waals surface area contributed by atoms with Crippen LogP contribution in [-0.4, -0.2) is 92.7 Å². The van der Waals surface area contributed by atoms with Crippen molar-refractivity contribution >= 4 is 81.1 Å². The number of thiazole rings is 1. The van der Waals surface area contributed by atoms with Gasteiger partial charge in [-0.25, -0.2) is 24.5 Å². The van der Waals surface area contributed by atoms with Crippen molar-refractivity contribution < 1.29 is 44.4 Å². The van der Waals surface area contributed by atoms with Crippen molar-refractivity contribution in [2.45, 2.75) is 29.6 Å². The molecule has 2 aromatic heterocycles. The average Bonchev–Trinajstić information content (AvgIpc) is 3.45. The van der Waals surface area contributed by atoms with Crippen LogP contribution < -0.4 is 22.5 Å². The molecule has 11 N–H and O–H groups in total. The number of nitrogens with one attached hydrogen (secondary N) is 1. The molecule has 3 atom stereocenters. The number of thioether (sulfide) groups is 2. The highest BCUT2D eigenvalue weighted by molar-refractivity contribution is 8.01. The monoisotopic (exact) mass is 703 g/mol. The quantitative estimate of drug-likeness (QED) is 0.0336. The molecule has 2 unspecified atom stereocenters. The summed E-state index contributed by atoms with van der Waals surface area (Å²) in [5.74, 6) is -5.00. The molecule has 21 heteroatoms. The Balaban J connectivity index is 1.35. The number of anilines is 3. The number of carbonyl (C=O) groups is 4. The van der Waals surface area contributed by atoms with Gasteiger partial charge in [-0.1, -0.05) is 23.0 Å². The molecule has 1 fully saturated rings. The number of amides is 2. The number of nitrogen functional groups attached to an aromatic ring is 3. The van der Waals surface area contributed by atoms with Gasteiger partial charge in [-0.15, -0.1) is 23.1 Å². The molecule has 0 radical (unpaired) electrons. The van der Waals surface area contributed by atoms with Crippen LogP contribution in [0.3, 0.4) is 0 Å². The largest absolute Gasteiger partial charge is 0.504 e. The average molecular weight is 704 g/mol. The number of nitrogens with two attached hydrogens (primary N) is 3. The summed E-state index contributed by atoms with van der Waals surface area (Å²) in [5, 5.41) is 46.2. The normalized spacial score (nSPS) is 18.3. The first-order valence-electron chi connectivity index (χ1n) is 13.2. The number of aromatic hydroxyl groups is 2. The Morgan fingerprint density at radius 2 is 1.85 bits per heavy atom. The number of carboxylic acid groups (broad SMARTS) is 2. The molecule has 0 saturated carbocycles. The van der Waals surface area contributed by atoms with E-state index in [1.165, 1.54) is 23.2 Å². The lowest BCUT2D eigenvalue weighted by Gasteiger charge is -2.49. The van der Waals surface area contributed by atoms with Crippen molar-refractivity contribution in [2.24, 2.45) is 5.16 Å². The number of benzene rings is 1. The van der Waals surface area contributed by atoms with Crippen LogP contribution in [0.25, 0.3) is 0 Å². The number of carboxylic acids is 2. The van der Waals surface area contributed by atoms with Gasteiger partial charge >= 0.3 is 11.9 Å². The van der Waals surface area contributed by atoms with E-state index in [1.807, 2.05) is 0 Å². The van der Waals surface area contributed by atoms with Gasteiger partial charge < -0.3 is 47.8 Å². The minimum Gasteiger partial charge on any atom is -0.504 e. The minimum atomic E-state index is -1.83. The number of fused-ring (bicyclic) bond motifs is 1. The lowest BCUT2D eigenvalue weighted by atomic mass is 10.0. The third-order valence-corrected chi connectivity index (χ3v) is 9.82. The van der Waals surface area contributed by atoms with Gasteiger partial charge in [-0.2, -0.15) is 0 Å². The van der Waals surface area contributed by atoms with Crippen molar-refractivity contribution in [1.82, 2.24) is 25.2 Å². The molecule has 4 heterocycles. The maximum absolute atomic E-state index is 13.4. The van der Waals surface area contributed by atoms with Gasteiger partial charge in [0.2, 0.25) is 6.10 Å². The summed E-state index contributed by atoms with van der Waals surface area (Å²) in [6, 6.07) is 1.99. The molecule has 0 spiro atoms. The second-order valence-corrected chi connectivity index (χ2v) is 12.8. The summed E-state index contributed by atoms with van der Waals surface area (Å²) < 4.78 is 0. The summed E-state index contributed by atoms with van der Waals surface area (Å²) in [6.07, 6.45) is -1.83. The fourth-order valence-corrected chi connectivity index (χ4v) is 7.30. The number of nitrogens with zero attached hydrogens (tertiary/aromatic N) is 5. The molecule has 2 aliphatic heterocycles. The number of hydrogen-bond donors (Lipinski definition) is 8. The third-order valence-electron chi connectivity index (χ3n) is 6.87. The predicted octanol–water partition coefficient (Wildman–Crippen LogP) is 0.477. The Morgan fingerprint density at radius 3 is 2.45 bits per heavy atom. The summed E-state index contributed by atoms with van der Waals surface area (Å²) in [7, 11) is 0. The Morgan fingerprint density at radius 1 is 1.15 bits per heavy atom. The SMILES string of the molecule is Cc1c(N)nc(SCC2=C(C(=O)O)N3C(=O)C(NC(=O)/C(=N\OC(C(=O)O)c4ccc(O)c(O)c4)c4csc(N)n4)[C@H]3SC2)nc1N. The third kappa shape index (κ3) is 6.66. The van der Waals surface area contributed by atoms with Gasteiger partial charge in [0.15, 0.2) is 27.5 Å². The van der Waals surface area contributed by atoms with E-state index in [-0.39, 0.29) is 50.4 Å². The van der Waals surface area contributed by atoms with Crippen LogP contribution in [0, 0.1) is 6.92 Å². The second kappa shape index (κ2) is 13.2. The minimum absolute atomic E-state index is 0.0514. The molecule has 0 aliphatic carbocycles. The highest BCUT2D eigenvalue weighted by Gasteiger charge is 2.54. The van der Waals surface area contributed by atoms with E-state index >= 15 is 0 Å². The Labute approximate surface area is 276 Å². The molecule has 0 bridgehead atoms. The standard InChI is InChI=1S/C26H25N9O9S3/c1-8-18(27)32-26(33-19(8)28)47-6-10-5-45-22-15(21(39)35(22)16(10)23(40)41)31-20(38)14(11-7-46-25(29)30-11)34-44-17(24(42)43)9-2-3-12(36)13(37)4-9/h2-4,7,15,17,22,36-37H,5-6H2,1H3,(H2,29,30)(H,31,38)(H,40,41)(H,42,43)(H4,27,28,32,33)/b34-14-/t15?,17?,22-/m1/s1. The van der Waals surface area contributed by atoms with Crippen LogP contribution in [0.2, 0.25) is 0 Å². The van der Waals surface area contributed by atoms with Gasteiger partial charge in [-0.3, -0.25) is 14.5 Å². The summed E-state index contributed by atoms with van der Waals surface area (Å²) >= 11 is 3.27. The fraction of sp³-hybridized carbons (Fsp3) is 0.231. The predicted molar refractivity (Wildman–Crippen MR) is 170 cm³/mol. The maximum Gasteiger partial charge on any atom is 0.352 e. The zero-order valence-electron chi connectivity index (χ0n) is 24.0. The van der Waals surface area contributed by atoms with E-state index in [1.54, 1.807) is 6.92 Å². The summed E-state index contributed by atoms with van der Waals surface area (Å²) in [6.45, 7) is 1.66. The van der Waals surface area contributed by atoms with Crippen LogP contribution in [0.4, 0.5) is 16.8 Å². The molecule has 2 amide bonds. The zero-order chi connectivity index (χ0) is 34.2. The van der Waals surface area contributed by atoms with Crippen molar-refractivity contribution in [3.8, 4) is 11.5 Å². The van der Waals surface area contributed by atoms with Crippen molar-refractivity contribution in [2.75, 3.05) is 28.7 Å². The van der Waals surface area contributed by atoms with Crippen molar-refractivity contribution in [3.05, 3.63) is 51.7 Å². The van der Waals surface area contributed by atoms with E-state index in [0.29, 0.717) is 11.1 Å². The van der Waals surface area contributed by atoms with Crippen LogP contribution in [0.1, 0.15) is 22.9 Å². The zero-order valence-corrected chi connectivity index (χ0v) is 26.4. The Hall–Kier alpha value is -5.28. The number of oxime groups is 1. The molecular weight excluding hydrogens is 679 g/mol. The van der Waals surface area contributed by atoms with Crippen molar-refractivity contribution in [3.63, 3.8) is 0 Å². The number of β-lactam (4-membered cyclic amide) rings is 1. The van der Waals surface area contributed by atoms with Gasteiger partial charge in [0.05, 0.1) is 0 Å². The van der Waals surface area contributed by atoms with E-state index in [4.69, 9.17) is 22.0 Å². The fourth-order valence-electron chi connectivity index (χ4n) is 4.41. The molecule has 2 aliphatic rings. The molecule has 3 aromatic rings. The number of aliphatic carboxylic acids is 2. The summed E-state index contributed by atoms with van der Waals surface area (Å²) in [5.41, 5.74) is 17.4. The first-order chi connectivity index (χ1) is 22.3. The van der Waals surface area contributed by atoms with E-state index in [0.717, 1.165) is 40.1 Å². The van der Waals surface area contributed by atoms with Gasteiger partial charge in [-0.05, 0) is 24.6 Å². The van der Waals surface area contributed by atoms with E-state index in [2.05, 4.69) is 25.4 Å². The highest BCUT2D eigenvalue weighted by atomic mass is 32.2. The molecule has 47 heavy (non-hydrogen) atoms. The lowest BCUT2D eigenvalue weighted by Crippen LogP contribution is -2.71. The lowest BCUT2D eigenvalue weighted by molar-refractivity contribution is -0.151. The Kier molecular flexibility index (Phi) is 9.31. The summed E-state index contributed by atoms with van der Waals surface area (Å²) in [4.78, 5) is 69.5. The maximum atomic E-state index is 13.4. The molecule has 1 saturated heterocycles. The van der Waals surface area contributed by atoms with Crippen LogP contribution in [0.15, 0.2) is 45.2 Å². The molecular formula is C26H25N9O9S3. The second-order valence-electron chi connectivity index (χ2n) is 9.89. The Bertz CT molecular complexity index is 1840. The number of aromatic nitrogens is 3. The molecule has 246 valence electrons. The molecule has 1 aromatic carbocycles. The van der Waals surface area contributed by atoms with Gasteiger partial charge in [0.25, 0.3) is 11.8 Å². The number of phenols is 2. The number of hydrogen-bond acceptors (Lipinski definition) is 17. The first kappa shape index (κ1) is 33.1. The van der Waals surface area contributed by atoms with Crippen LogP contribution in [-0.2, 0) is 24.0 Å². The van der Waals surface area contributed by atoms with Crippen LogP contribution in [0.5, 0.6) is 11.5 Å². The number of carbonyl (C=O) groups excluding carboxylic acids is 2. The topological polar surface area (TPSA) is 303 Å². The first-order valence-corrected chi connectivity index (χ1v) is 16.1. The molecule has 18 nitrogen and oxygen atoms in total. The van der Waals surface area contributed by atoms with E-state index < -0.39 is 58.5 Å². The smallest absolute Gasteiger partial charge is 0.352 e. The van der Waals surface area contributed by atoms with Gasteiger partial charge in [0.1, 0.15) is 34.4 Å². The number of rotatable bonds is 11. The highest BCUT2D eigenvalue weighted by Crippen LogP contribution is 2.41. The van der Waals surface area contributed by atoms with E-state index in [9.17, 15) is 39.6 Å². The number of phenolic OH excluding ortho intramolecular Hbond substituents is 2. The van der Waals surface area contributed by atoms with Gasteiger partial charge in [0, 0.05) is 28.0 Å². The molecule has 5 rings (SSSR count).